The minimum Gasteiger partial charge on any atom is -0.359 e. The molecule has 6 rings (SSSR count). The summed E-state index contributed by atoms with van der Waals surface area (Å²) in [5, 5.41) is 6.44. The molecule has 0 aromatic heterocycles. The van der Waals surface area contributed by atoms with E-state index in [1.165, 1.54) is 6.42 Å². The molecule has 1 aromatic rings. The Hall–Kier alpha value is -2.75. The summed E-state index contributed by atoms with van der Waals surface area (Å²) in [5.74, 6) is -1.04. The van der Waals surface area contributed by atoms with Gasteiger partial charge in [-0.25, -0.2) is 0 Å². The van der Waals surface area contributed by atoms with E-state index < -0.39 is 29.6 Å². The molecule has 1 aliphatic carbocycles. The standard InChI is InChI=1S/C35H51N5O4/c1-6-38-15-17-39(18-16-38)13-8-14-40-31(33(42)37-27-10-7-9-24(4)25(27)5)35-12-11-28(44-35)29(30(35)34(40)43)32(41)36-26-20-22(2)19-23(3)21-26/h11-12,19-21,24-25,27-31H,6-10,13-18H2,1-5H3,(H,36,41)(H,37,42)/t24-,25+,27+,28-,29+,30?,31+,35+/m0/s1. The molecule has 1 spiro atoms. The van der Waals surface area contributed by atoms with E-state index in [4.69, 9.17) is 4.74 Å². The number of ether oxygens (including phenoxy) is 1. The summed E-state index contributed by atoms with van der Waals surface area (Å²) >= 11 is 0. The van der Waals surface area contributed by atoms with Crippen molar-refractivity contribution in [2.45, 2.75) is 84.1 Å². The predicted octanol–water partition coefficient (Wildman–Crippen LogP) is 3.36. The van der Waals surface area contributed by atoms with Crippen molar-refractivity contribution in [3.05, 3.63) is 41.5 Å². The highest BCUT2D eigenvalue weighted by molar-refractivity contribution is 6.02. The van der Waals surface area contributed by atoms with Crippen LogP contribution in [0.15, 0.2) is 30.4 Å². The van der Waals surface area contributed by atoms with E-state index in [-0.39, 0.29) is 23.8 Å². The van der Waals surface area contributed by atoms with Crippen LogP contribution in [0, 0.1) is 37.5 Å². The molecule has 4 aliphatic heterocycles. The van der Waals surface area contributed by atoms with Gasteiger partial charge in [-0.2, -0.15) is 0 Å². The largest absolute Gasteiger partial charge is 0.359 e. The van der Waals surface area contributed by atoms with Crippen molar-refractivity contribution in [2.24, 2.45) is 23.7 Å². The van der Waals surface area contributed by atoms with Gasteiger partial charge in [0.15, 0.2) is 0 Å². The third-order valence-electron chi connectivity index (χ3n) is 11.2. The zero-order valence-corrected chi connectivity index (χ0v) is 27.2. The second-order valence-corrected chi connectivity index (χ2v) is 14.1. The van der Waals surface area contributed by atoms with E-state index >= 15 is 0 Å². The first kappa shape index (κ1) is 31.2. The highest BCUT2D eigenvalue weighted by Crippen LogP contribution is 2.55. The molecule has 3 amide bonds. The maximum atomic E-state index is 14.4. The summed E-state index contributed by atoms with van der Waals surface area (Å²) in [6, 6.07) is 5.22. The van der Waals surface area contributed by atoms with Gasteiger partial charge in [0.2, 0.25) is 17.7 Å². The molecule has 9 nitrogen and oxygen atoms in total. The number of fused-ring (bicyclic) bond motifs is 1. The normalized spacial score (nSPS) is 35.2. The van der Waals surface area contributed by atoms with Gasteiger partial charge in [-0.15, -0.1) is 0 Å². The number of hydrogen-bond acceptors (Lipinski definition) is 6. The summed E-state index contributed by atoms with van der Waals surface area (Å²) in [5.41, 5.74) is 1.70. The molecule has 240 valence electrons. The first-order valence-electron chi connectivity index (χ1n) is 16.9. The van der Waals surface area contributed by atoms with Crippen LogP contribution >= 0.6 is 0 Å². The number of benzene rings is 1. The number of rotatable bonds is 9. The number of piperazine rings is 1. The second-order valence-electron chi connectivity index (χ2n) is 14.1. The lowest BCUT2D eigenvalue weighted by Crippen LogP contribution is -2.58. The molecule has 5 aliphatic rings. The van der Waals surface area contributed by atoms with Gasteiger partial charge in [0.25, 0.3) is 0 Å². The zero-order valence-electron chi connectivity index (χ0n) is 27.2. The van der Waals surface area contributed by atoms with Crippen molar-refractivity contribution in [2.75, 3.05) is 51.1 Å². The van der Waals surface area contributed by atoms with Crippen LogP contribution in [-0.2, 0) is 19.1 Å². The molecule has 2 N–H and O–H groups in total. The van der Waals surface area contributed by atoms with Crippen LogP contribution in [0.5, 0.6) is 0 Å². The predicted molar refractivity (Wildman–Crippen MR) is 171 cm³/mol. The first-order chi connectivity index (χ1) is 21.1. The molecule has 1 unspecified atom stereocenters. The van der Waals surface area contributed by atoms with Gasteiger partial charge in [-0.1, -0.05) is 51.8 Å². The van der Waals surface area contributed by atoms with E-state index in [0.717, 1.165) is 69.7 Å². The molecule has 2 bridgehead atoms. The van der Waals surface area contributed by atoms with Gasteiger partial charge >= 0.3 is 0 Å². The van der Waals surface area contributed by atoms with Crippen LogP contribution in [-0.4, -0.2) is 102 Å². The Morgan fingerprint density at radius 3 is 2.39 bits per heavy atom. The lowest BCUT2D eigenvalue weighted by atomic mass is 9.73. The van der Waals surface area contributed by atoms with Crippen molar-refractivity contribution < 1.29 is 19.1 Å². The van der Waals surface area contributed by atoms with Crippen LogP contribution in [0.4, 0.5) is 5.69 Å². The van der Waals surface area contributed by atoms with Gasteiger partial charge in [0, 0.05) is 44.5 Å². The number of carbonyl (C=O) groups excluding carboxylic acids is 3. The summed E-state index contributed by atoms with van der Waals surface area (Å²) in [6.45, 7) is 17.2. The zero-order chi connectivity index (χ0) is 31.2. The Morgan fingerprint density at radius 2 is 1.68 bits per heavy atom. The third kappa shape index (κ3) is 5.71. The number of nitrogens with zero attached hydrogens (tertiary/aromatic N) is 3. The maximum Gasteiger partial charge on any atom is 0.246 e. The smallest absolute Gasteiger partial charge is 0.246 e. The third-order valence-corrected chi connectivity index (χ3v) is 11.2. The van der Waals surface area contributed by atoms with Gasteiger partial charge in [-0.3, -0.25) is 14.4 Å². The van der Waals surface area contributed by atoms with Crippen LogP contribution in [0.25, 0.3) is 0 Å². The minimum absolute atomic E-state index is 0.0692. The number of aryl methyl sites for hydroxylation is 2. The second kappa shape index (κ2) is 12.6. The lowest BCUT2D eigenvalue weighted by Gasteiger charge is -2.38. The van der Waals surface area contributed by atoms with E-state index in [1.807, 2.05) is 38.1 Å². The number of amides is 3. The Bertz CT molecular complexity index is 1270. The fraction of sp³-hybridized carbons (Fsp3) is 0.686. The van der Waals surface area contributed by atoms with Crippen molar-refractivity contribution in [3.8, 4) is 0 Å². The monoisotopic (exact) mass is 605 g/mol. The summed E-state index contributed by atoms with van der Waals surface area (Å²) in [4.78, 5) is 49.2. The molecule has 1 aromatic carbocycles. The fourth-order valence-electron chi connectivity index (χ4n) is 8.62. The van der Waals surface area contributed by atoms with Crippen LogP contribution < -0.4 is 10.6 Å². The van der Waals surface area contributed by atoms with Crippen molar-refractivity contribution in [1.29, 1.82) is 0 Å². The quantitative estimate of drug-likeness (QED) is 0.420. The summed E-state index contributed by atoms with van der Waals surface area (Å²) in [7, 11) is 0. The first-order valence-corrected chi connectivity index (χ1v) is 16.9. The van der Waals surface area contributed by atoms with Crippen molar-refractivity contribution in [1.82, 2.24) is 20.0 Å². The molecule has 4 fully saturated rings. The number of hydrogen-bond donors (Lipinski definition) is 2. The average Bonchev–Trinajstić information content (AvgIpc) is 3.62. The summed E-state index contributed by atoms with van der Waals surface area (Å²) in [6.07, 6.45) is 7.26. The molecule has 1 saturated carbocycles. The molecular weight excluding hydrogens is 554 g/mol. The topological polar surface area (TPSA) is 94.2 Å². The van der Waals surface area contributed by atoms with E-state index in [1.54, 1.807) is 4.90 Å². The van der Waals surface area contributed by atoms with Crippen molar-refractivity contribution >= 4 is 23.4 Å². The maximum absolute atomic E-state index is 14.4. The molecule has 3 saturated heterocycles. The van der Waals surface area contributed by atoms with Gasteiger partial charge < -0.3 is 30.1 Å². The van der Waals surface area contributed by atoms with Crippen LogP contribution in [0.2, 0.25) is 0 Å². The van der Waals surface area contributed by atoms with Crippen LogP contribution in [0.3, 0.4) is 0 Å². The molecular formula is C35H51N5O4. The number of likely N-dealkylation sites (tertiary alicyclic amines) is 1. The molecule has 9 heteroatoms. The van der Waals surface area contributed by atoms with E-state index in [2.05, 4.69) is 47.3 Å². The van der Waals surface area contributed by atoms with Crippen LogP contribution in [0.1, 0.15) is 57.6 Å². The van der Waals surface area contributed by atoms with E-state index in [9.17, 15) is 14.4 Å². The molecule has 44 heavy (non-hydrogen) atoms. The Kier molecular flexibility index (Phi) is 8.92. The highest BCUT2D eigenvalue weighted by atomic mass is 16.5. The number of anilines is 1. The van der Waals surface area contributed by atoms with Crippen molar-refractivity contribution in [3.63, 3.8) is 0 Å². The summed E-state index contributed by atoms with van der Waals surface area (Å²) < 4.78 is 6.58. The van der Waals surface area contributed by atoms with Gasteiger partial charge in [-0.05, 0) is 74.9 Å². The molecule has 0 radical (unpaired) electrons. The van der Waals surface area contributed by atoms with Gasteiger partial charge in [0.1, 0.15) is 11.6 Å². The number of likely N-dealkylation sites (N-methyl/N-ethyl adjacent to an activating group) is 1. The SMILES string of the molecule is CCN1CCN(CCCN2C(=O)C3[C@H](C(=O)Nc4cc(C)cc(C)c4)[C@@H]4C=C[C@]3(O4)[C@H]2C(=O)N[C@@H]2CCC[C@H](C)[C@H]2C)CC1. The molecule has 8 atom stereocenters. The number of carbonyl (C=O) groups is 3. The Balaban J connectivity index is 1.23. The minimum atomic E-state index is -1.13. The Labute approximate surface area is 262 Å². The fourth-order valence-corrected chi connectivity index (χ4v) is 8.62. The molecule has 4 heterocycles. The Morgan fingerprint density at radius 1 is 0.977 bits per heavy atom. The van der Waals surface area contributed by atoms with E-state index in [0.29, 0.717) is 24.1 Å². The lowest BCUT2D eigenvalue weighted by molar-refractivity contribution is -0.141. The average molecular weight is 606 g/mol. The highest BCUT2D eigenvalue weighted by Gasteiger charge is 2.72. The number of nitrogens with one attached hydrogen (secondary N) is 2. The van der Waals surface area contributed by atoms with Gasteiger partial charge in [0.05, 0.1) is 17.9 Å².